The zero-order valence-corrected chi connectivity index (χ0v) is 9.92. The Hall–Kier alpha value is -1.60. The molecule has 16 heavy (non-hydrogen) atoms. The third kappa shape index (κ3) is 1.63. The summed E-state index contributed by atoms with van der Waals surface area (Å²) in [6.07, 6.45) is 0. The average molecular weight is 224 g/mol. The van der Waals surface area contributed by atoms with Gasteiger partial charge in [0, 0.05) is 4.70 Å². The summed E-state index contributed by atoms with van der Waals surface area (Å²) in [6, 6.07) is 17.5. The van der Waals surface area contributed by atoms with Crippen LogP contribution in [0.15, 0.2) is 53.9 Å². The van der Waals surface area contributed by atoms with E-state index in [0.717, 1.165) is 0 Å². The number of hydrogen-bond donors (Lipinski definition) is 0. The van der Waals surface area contributed by atoms with Gasteiger partial charge in [-0.05, 0) is 47.0 Å². The molecule has 0 spiro atoms. The van der Waals surface area contributed by atoms with Crippen molar-refractivity contribution in [2.24, 2.45) is 0 Å². The van der Waals surface area contributed by atoms with Gasteiger partial charge in [-0.15, -0.1) is 11.3 Å². The Morgan fingerprint density at radius 3 is 2.38 bits per heavy atom. The van der Waals surface area contributed by atoms with Crippen LogP contribution in [0.1, 0.15) is 5.56 Å². The molecule has 0 aliphatic rings. The van der Waals surface area contributed by atoms with Crippen molar-refractivity contribution in [2.75, 3.05) is 0 Å². The molecule has 0 nitrogen and oxygen atoms in total. The van der Waals surface area contributed by atoms with Gasteiger partial charge < -0.3 is 0 Å². The van der Waals surface area contributed by atoms with Crippen LogP contribution in [0.2, 0.25) is 0 Å². The summed E-state index contributed by atoms with van der Waals surface area (Å²) >= 11 is 1.79. The van der Waals surface area contributed by atoms with Gasteiger partial charge >= 0.3 is 0 Å². The van der Waals surface area contributed by atoms with E-state index in [4.69, 9.17) is 0 Å². The minimum absolute atomic E-state index is 1.29. The first-order valence-electron chi connectivity index (χ1n) is 5.37. The fourth-order valence-corrected chi connectivity index (χ4v) is 2.66. The molecule has 1 heterocycles. The molecule has 0 aliphatic carbocycles. The monoisotopic (exact) mass is 224 g/mol. The Kier molecular flexibility index (Phi) is 2.26. The lowest BCUT2D eigenvalue weighted by atomic mass is 10.0. The summed E-state index contributed by atoms with van der Waals surface area (Å²) in [5, 5.41) is 3.48. The smallest absolute Gasteiger partial charge is 0.0343 e. The SMILES string of the molecule is Cc1ccc(-c2ccc3sccc3c2)cc1. The molecule has 0 atom stereocenters. The number of fused-ring (bicyclic) bond motifs is 1. The highest BCUT2D eigenvalue weighted by molar-refractivity contribution is 7.17. The van der Waals surface area contributed by atoms with Crippen molar-refractivity contribution < 1.29 is 0 Å². The minimum atomic E-state index is 1.29. The van der Waals surface area contributed by atoms with Crippen molar-refractivity contribution in [3.8, 4) is 11.1 Å². The van der Waals surface area contributed by atoms with Crippen LogP contribution in [0.4, 0.5) is 0 Å². The highest BCUT2D eigenvalue weighted by Crippen LogP contribution is 2.27. The third-order valence-electron chi connectivity index (χ3n) is 2.84. The highest BCUT2D eigenvalue weighted by Gasteiger charge is 1.99. The molecule has 1 aromatic heterocycles. The van der Waals surface area contributed by atoms with Crippen molar-refractivity contribution in [1.29, 1.82) is 0 Å². The molecule has 0 radical (unpaired) electrons. The van der Waals surface area contributed by atoms with E-state index < -0.39 is 0 Å². The molecule has 0 fully saturated rings. The van der Waals surface area contributed by atoms with E-state index in [2.05, 4.69) is 60.8 Å². The molecule has 0 aliphatic heterocycles. The van der Waals surface area contributed by atoms with Crippen molar-refractivity contribution >= 4 is 21.4 Å². The molecule has 0 amide bonds. The molecule has 1 heteroatoms. The van der Waals surface area contributed by atoms with E-state index in [-0.39, 0.29) is 0 Å². The molecule has 3 rings (SSSR count). The highest BCUT2D eigenvalue weighted by atomic mass is 32.1. The second-order valence-electron chi connectivity index (χ2n) is 4.04. The first kappa shape index (κ1) is 9.61. The Balaban J connectivity index is 2.14. The normalized spacial score (nSPS) is 10.8. The van der Waals surface area contributed by atoms with Crippen LogP contribution in [-0.4, -0.2) is 0 Å². The Bertz CT molecular complexity index is 617. The molecule has 0 bridgehead atoms. The maximum Gasteiger partial charge on any atom is 0.0343 e. The summed E-state index contributed by atoms with van der Waals surface area (Å²) in [4.78, 5) is 0. The maximum absolute atomic E-state index is 2.26. The fraction of sp³-hybridized carbons (Fsp3) is 0.0667. The van der Waals surface area contributed by atoms with Crippen molar-refractivity contribution in [3.63, 3.8) is 0 Å². The molecule has 0 saturated heterocycles. The largest absolute Gasteiger partial charge is 0.144 e. The van der Waals surface area contributed by atoms with Crippen LogP contribution in [0.25, 0.3) is 21.2 Å². The van der Waals surface area contributed by atoms with E-state index in [0.29, 0.717) is 0 Å². The van der Waals surface area contributed by atoms with Gasteiger partial charge in [-0.2, -0.15) is 0 Å². The second-order valence-corrected chi connectivity index (χ2v) is 4.99. The molecule has 3 aromatic rings. The predicted octanol–water partition coefficient (Wildman–Crippen LogP) is 4.88. The lowest BCUT2D eigenvalue weighted by Crippen LogP contribution is -1.77. The Labute approximate surface area is 99.2 Å². The third-order valence-corrected chi connectivity index (χ3v) is 3.74. The number of benzene rings is 2. The molecular weight excluding hydrogens is 212 g/mol. The van der Waals surface area contributed by atoms with Crippen LogP contribution in [0.3, 0.4) is 0 Å². The van der Waals surface area contributed by atoms with Crippen LogP contribution in [0.5, 0.6) is 0 Å². The second kappa shape index (κ2) is 3.76. The lowest BCUT2D eigenvalue weighted by molar-refractivity contribution is 1.47. The number of thiophene rings is 1. The maximum atomic E-state index is 2.26. The first-order valence-corrected chi connectivity index (χ1v) is 6.25. The van der Waals surface area contributed by atoms with Gasteiger partial charge in [0.05, 0.1) is 0 Å². The fourth-order valence-electron chi connectivity index (χ4n) is 1.89. The van der Waals surface area contributed by atoms with E-state index >= 15 is 0 Å². The number of aryl methyl sites for hydroxylation is 1. The average Bonchev–Trinajstić information content (AvgIpc) is 2.77. The van der Waals surface area contributed by atoms with Gasteiger partial charge in [0.1, 0.15) is 0 Å². The molecule has 2 aromatic carbocycles. The number of hydrogen-bond acceptors (Lipinski definition) is 1. The molecular formula is C15H12S. The Morgan fingerprint density at radius 2 is 1.56 bits per heavy atom. The van der Waals surface area contributed by atoms with Gasteiger partial charge in [0.25, 0.3) is 0 Å². The summed E-state index contributed by atoms with van der Waals surface area (Å²) in [5.41, 5.74) is 3.89. The van der Waals surface area contributed by atoms with Gasteiger partial charge in [-0.1, -0.05) is 35.9 Å². The van der Waals surface area contributed by atoms with Gasteiger partial charge in [0.15, 0.2) is 0 Å². The number of rotatable bonds is 1. The minimum Gasteiger partial charge on any atom is -0.144 e. The molecule has 78 valence electrons. The summed E-state index contributed by atoms with van der Waals surface area (Å²) in [7, 11) is 0. The molecule has 0 N–H and O–H groups in total. The van der Waals surface area contributed by atoms with E-state index in [9.17, 15) is 0 Å². The van der Waals surface area contributed by atoms with E-state index in [1.54, 1.807) is 11.3 Å². The zero-order valence-electron chi connectivity index (χ0n) is 9.10. The van der Waals surface area contributed by atoms with Crippen LogP contribution < -0.4 is 0 Å². The summed E-state index contributed by atoms with van der Waals surface area (Å²) in [6.45, 7) is 2.12. The van der Waals surface area contributed by atoms with Crippen LogP contribution in [-0.2, 0) is 0 Å². The molecule has 0 unspecified atom stereocenters. The standard InChI is InChI=1S/C15H12S/c1-11-2-4-12(5-3-11)13-6-7-15-14(10-13)8-9-16-15/h2-10H,1H3. The quantitative estimate of drug-likeness (QED) is 0.553. The van der Waals surface area contributed by atoms with E-state index in [1.165, 1.54) is 26.8 Å². The first-order chi connectivity index (χ1) is 7.83. The zero-order chi connectivity index (χ0) is 11.0. The van der Waals surface area contributed by atoms with Crippen molar-refractivity contribution in [2.45, 2.75) is 6.92 Å². The van der Waals surface area contributed by atoms with Crippen LogP contribution in [0, 0.1) is 6.92 Å². The Morgan fingerprint density at radius 1 is 0.812 bits per heavy atom. The van der Waals surface area contributed by atoms with Gasteiger partial charge in [-0.3, -0.25) is 0 Å². The topological polar surface area (TPSA) is 0 Å². The predicted molar refractivity (Wildman–Crippen MR) is 72.0 cm³/mol. The van der Waals surface area contributed by atoms with Crippen LogP contribution >= 0.6 is 11.3 Å². The van der Waals surface area contributed by atoms with Crippen molar-refractivity contribution in [1.82, 2.24) is 0 Å². The van der Waals surface area contributed by atoms with Gasteiger partial charge in [-0.25, -0.2) is 0 Å². The lowest BCUT2D eigenvalue weighted by Gasteiger charge is -2.02. The summed E-state index contributed by atoms with van der Waals surface area (Å²) < 4.78 is 1.36. The summed E-state index contributed by atoms with van der Waals surface area (Å²) in [5.74, 6) is 0. The van der Waals surface area contributed by atoms with Crippen molar-refractivity contribution in [3.05, 3.63) is 59.5 Å². The van der Waals surface area contributed by atoms with E-state index in [1.807, 2.05) is 0 Å². The van der Waals surface area contributed by atoms with Gasteiger partial charge in [0.2, 0.25) is 0 Å². The molecule has 0 saturated carbocycles.